The molecular formula is C19H27FN2O2. The second kappa shape index (κ2) is 7.62. The molecule has 1 saturated heterocycles. The lowest BCUT2D eigenvalue weighted by atomic mass is 9.87. The Kier molecular flexibility index (Phi) is 5.51. The van der Waals surface area contributed by atoms with Crippen LogP contribution in [0.1, 0.15) is 37.4 Å². The van der Waals surface area contributed by atoms with Crippen LogP contribution in [0.3, 0.4) is 0 Å². The van der Waals surface area contributed by atoms with Crippen molar-refractivity contribution in [3.8, 4) is 0 Å². The second-order valence-corrected chi connectivity index (χ2v) is 7.33. The molecule has 0 radical (unpaired) electrons. The van der Waals surface area contributed by atoms with Gasteiger partial charge in [0.15, 0.2) is 0 Å². The molecule has 24 heavy (non-hydrogen) atoms. The van der Waals surface area contributed by atoms with Crippen LogP contribution < -0.4 is 0 Å². The molecule has 1 amide bonds. The minimum absolute atomic E-state index is 0.172. The number of carbonyl (C=O) groups is 1. The van der Waals surface area contributed by atoms with Crippen LogP contribution in [0, 0.1) is 17.7 Å². The van der Waals surface area contributed by atoms with Gasteiger partial charge in [-0.3, -0.25) is 9.69 Å². The molecule has 0 spiro atoms. The number of carbonyl (C=O) groups excluding carboxylic acids is 1. The first-order chi connectivity index (χ1) is 11.5. The van der Waals surface area contributed by atoms with E-state index in [9.17, 15) is 14.3 Å². The topological polar surface area (TPSA) is 43.8 Å². The smallest absolute Gasteiger partial charge is 0.236 e. The zero-order valence-corrected chi connectivity index (χ0v) is 14.3. The number of aliphatic hydroxyl groups is 1. The van der Waals surface area contributed by atoms with Gasteiger partial charge in [0.05, 0.1) is 12.6 Å². The number of hydrogen-bond donors (Lipinski definition) is 1. The standard InChI is InChI=1S/C19H27FN2O2/c1-21(12-14-2-3-14)18(23)13-22-10-8-16(9-11-22)19(24)15-4-6-17(20)7-5-15/h4-7,14,16,19,24H,2-3,8-13H2,1H3. The number of nitrogens with zero attached hydrogens (tertiary/aromatic N) is 2. The summed E-state index contributed by atoms with van der Waals surface area (Å²) in [6.07, 6.45) is 3.67. The maximum atomic E-state index is 13.0. The van der Waals surface area contributed by atoms with E-state index in [-0.39, 0.29) is 17.6 Å². The zero-order valence-electron chi connectivity index (χ0n) is 14.3. The minimum atomic E-state index is -0.555. The summed E-state index contributed by atoms with van der Waals surface area (Å²) in [5.41, 5.74) is 0.773. The number of aliphatic hydroxyl groups excluding tert-OH is 1. The summed E-state index contributed by atoms with van der Waals surface area (Å²) in [6.45, 7) is 3.01. The third-order valence-corrected chi connectivity index (χ3v) is 5.30. The van der Waals surface area contributed by atoms with Crippen molar-refractivity contribution < 1.29 is 14.3 Å². The number of hydrogen-bond acceptors (Lipinski definition) is 3. The lowest BCUT2D eigenvalue weighted by molar-refractivity contribution is -0.131. The maximum Gasteiger partial charge on any atom is 0.236 e. The van der Waals surface area contributed by atoms with E-state index < -0.39 is 6.10 Å². The molecule has 3 rings (SSSR count). The van der Waals surface area contributed by atoms with Gasteiger partial charge in [0.2, 0.25) is 5.91 Å². The van der Waals surface area contributed by atoms with Crippen molar-refractivity contribution in [2.75, 3.05) is 33.2 Å². The highest BCUT2D eigenvalue weighted by Crippen LogP contribution is 2.31. The number of likely N-dealkylation sites (N-methyl/N-ethyl adjacent to an activating group) is 1. The molecule has 1 heterocycles. The Labute approximate surface area is 143 Å². The first-order valence-electron chi connectivity index (χ1n) is 8.93. The van der Waals surface area contributed by atoms with Crippen molar-refractivity contribution >= 4 is 5.91 Å². The van der Waals surface area contributed by atoms with E-state index in [0.29, 0.717) is 6.54 Å². The molecule has 4 nitrogen and oxygen atoms in total. The number of amides is 1. The van der Waals surface area contributed by atoms with Crippen LogP contribution in [0.25, 0.3) is 0 Å². The average Bonchev–Trinajstić information content (AvgIpc) is 3.39. The van der Waals surface area contributed by atoms with Crippen molar-refractivity contribution in [2.24, 2.45) is 11.8 Å². The van der Waals surface area contributed by atoms with Gasteiger partial charge in [-0.05, 0) is 68.3 Å². The van der Waals surface area contributed by atoms with Crippen molar-refractivity contribution in [3.05, 3.63) is 35.6 Å². The molecular weight excluding hydrogens is 307 g/mol. The van der Waals surface area contributed by atoms with Gasteiger partial charge in [-0.25, -0.2) is 4.39 Å². The van der Waals surface area contributed by atoms with E-state index >= 15 is 0 Å². The normalized spacial score (nSPS) is 20.8. The fourth-order valence-corrected chi connectivity index (χ4v) is 3.46. The van der Waals surface area contributed by atoms with Crippen molar-refractivity contribution in [1.29, 1.82) is 0 Å². The fourth-order valence-electron chi connectivity index (χ4n) is 3.46. The Morgan fingerprint density at radius 1 is 1.25 bits per heavy atom. The van der Waals surface area contributed by atoms with Crippen molar-refractivity contribution in [2.45, 2.75) is 31.8 Å². The van der Waals surface area contributed by atoms with E-state index in [1.807, 2.05) is 11.9 Å². The molecule has 1 aromatic rings. The molecule has 1 unspecified atom stereocenters. The van der Waals surface area contributed by atoms with Crippen LogP contribution in [0.5, 0.6) is 0 Å². The van der Waals surface area contributed by atoms with E-state index in [1.54, 1.807) is 12.1 Å². The molecule has 1 atom stereocenters. The van der Waals surface area contributed by atoms with Gasteiger partial charge in [0.1, 0.15) is 5.82 Å². The summed E-state index contributed by atoms with van der Waals surface area (Å²) in [5.74, 6) is 0.801. The first-order valence-corrected chi connectivity index (χ1v) is 8.93. The third kappa shape index (κ3) is 4.54. The molecule has 132 valence electrons. The first kappa shape index (κ1) is 17.4. The number of benzene rings is 1. The summed E-state index contributed by atoms with van der Waals surface area (Å²) < 4.78 is 13.0. The van der Waals surface area contributed by atoms with Crippen molar-refractivity contribution in [3.63, 3.8) is 0 Å². The highest BCUT2D eigenvalue weighted by molar-refractivity contribution is 5.78. The number of piperidine rings is 1. The lowest BCUT2D eigenvalue weighted by Crippen LogP contribution is -2.43. The quantitative estimate of drug-likeness (QED) is 0.869. The van der Waals surface area contributed by atoms with Crippen LogP contribution in [0.15, 0.2) is 24.3 Å². The molecule has 1 aliphatic heterocycles. The fraction of sp³-hybridized carbons (Fsp3) is 0.632. The summed E-state index contributed by atoms with van der Waals surface area (Å²) in [7, 11) is 1.89. The molecule has 2 aliphatic rings. The molecule has 0 aromatic heterocycles. The number of halogens is 1. The van der Waals surface area contributed by atoms with E-state index in [0.717, 1.165) is 44.0 Å². The highest BCUT2D eigenvalue weighted by atomic mass is 19.1. The van der Waals surface area contributed by atoms with Gasteiger partial charge in [0, 0.05) is 13.6 Å². The molecule has 1 N–H and O–H groups in total. The third-order valence-electron chi connectivity index (χ3n) is 5.30. The van der Waals surface area contributed by atoms with Gasteiger partial charge in [-0.2, -0.15) is 0 Å². The lowest BCUT2D eigenvalue weighted by Gasteiger charge is -2.34. The van der Waals surface area contributed by atoms with Crippen molar-refractivity contribution in [1.82, 2.24) is 9.80 Å². The maximum absolute atomic E-state index is 13.0. The number of rotatable bonds is 6. The largest absolute Gasteiger partial charge is 0.388 e. The minimum Gasteiger partial charge on any atom is -0.388 e. The van der Waals surface area contributed by atoms with Crippen LogP contribution in [0.2, 0.25) is 0 Å². The highest BCUT2D eigenvalue weighted by Gasteiger charge is 2.29. The predicted octanol–water partition coefficient (Wildman–Crippen LogP) is 2.44. The van der Waals surface area contributed by atoms with E-state index in [1.165, 1.54) is 25.0 Å². The van der Waals surface area contributed by atoms with E-state index in [4.69, 9.17) is 0 Å². The van der Waals surface area contributed by atoms with Gasteiger partial charge in [-0.15, -0.1) is 0 Å². The number of likely N-dealkylation sites (tertiary alicyclic amines) is 1. The van der Waals surface area contributed by atoms with Crippen LogP contribution in [0.4, 0.5) is 4.39 Å². The summed E-state index contributed by atoms with van der Waals surface area (Å²) in [5, 5.41) is 10.5. The zero-order chi connectivity index (χ0) is 17.1. The molecule has 0 bridgehead atoms. The molecule has 5 heteroatoms. The van der Waals surface area contributed by atoms with Crippen LogP contribution in [-0.4, -0.2) is 54.0 Å². The predicted molar refractivity (Wildman–Crippen MR) is 90.9 cm³/mol. The Morgan fingerprint density at radius 2 is 1.88 bits per heavy atom. The molecule has 1 aliphatic carbocycles. The van der Waals surface area contributed by atoms with Crippen LogP contribution >= 0.6 is 0 Å². The summed E-state index contributed by atoms with van der Waals surface area (Å²) >= 11 is 0. The second-order valence-electron chi connectivity index (χ2n) is 7.33. The molecule has 1 aromatic carbocycles. The van der Waals surface area contributed by atoms with Gasteiger partial charge >= 0.3 is 0 Å². The Morgan fingerprint density at radius 3 is 2.46 bits per heavy atom. The molecule has 2 fully saturated rings. The average molecular weight is 334 g/mol. The Balaban J connectivity index is 1.44. The summed E-state index contributed by atoms with van der Waals surface area (Å²) in [6, 6.07) is 6.09. The van der Waals surface area contributed by atoms with Gasteiger partial charge < -0.3 is 10.0 Å². The van der Waals surface area contributed by atoms with E-state index in [2.05, 4.69) is 4.90 Å². The summed E-state index contributed by atoms with van der Waals surface area (Å²) in [4.78, 5) is 16.3. The SMILES string of the molecule is CN(CC1CC1)C(=O)CN1CCC(C(O)c2ccc(F)cc2)CC1. The van der Waals surface area contributed by atoms with Gasteiger partial charge in [0.25, 0.3) is 0 Å². The van der Waals surface area contributed by atoms with Crippen LogP contribution in [-0.2, 0) is 4.79 Å². The molecule has 1 saturated carbocycles. The Hall–Kier alpha value is -1.46. The monoisotopic (exact) mass is 334 g/mol. The Bertz CT molecular complexity index is 551. The van der Waals surface area contributed by atoms with Gasteiger partial charge in [-0.1, -0.05) is 12.1 Å².